The molecule has 25 heavy (non-hydrogen) atoms. The summed E-state index contributed by atoms with van der Waals surface area (Å²) in [6.45, 7) is 6.17. The van der Waals surface area contributed by atoms with Gasteiger partial charge in [-0.25, -0.2) is 0 Å². The predicted molar refractivity (Wildman–Crippen MR) is 99.5 cm³/mol. The number of hydrogen-bond acceptors (Lipinski definition) is 3. The van der Waals surface area contributed by atoms with Crippen LogP contribution in [0.1, 0.15) is 34.8 Å². The SMILES string of the molecule is Cc1ccc(C(=O)C(C)C2CN(Cc3ccccc3)CCC2=O)cc1. The van der Waals surface area contributed by atoms with E-state index < -0.39 is 0 Å². The fourth-order valence-corrected chi connectivity index (χ4v) is 3.51. The maximum absolute atomic E-state index is 12.8. The first-order valence-corrected chi connectivity index (χ1v) is 8.94. The van der Waals surface area contributed by atoms with Gasteiger partial charge in [-0.1, -0.05) is 67.1 Å². The van der Waals surface area contributed by atoms with Crippen molar-refractivity contribution in [2.45, 2.75) is 26.8 Å². The van der Waals surface area contributed by atoms with Crippen molar-refractivity contribution in [3.63, 3.8) is 0 Å². The number of piperidine rings is 1. The number of aryl methyl sites for hydroxylation is 1. The molecule has 2 aromatic carbocycles. The highest BCUT2D eigenvalue weighted by Crippen LogP contribution is 2.25. The van der Waals surface area contributed by atoms with E-state index in [0.29, 0.717) is 18.5 Å². The van der Waals surface area contributed by atoms with Gasteiger partial charge < -0.3 is 0 Å². The van der Waals surface area contributed by atoms with Gasteiger partial charge in [0.15, 0.2) is 5.78 Å². The van der Waals surface area contributed by atoms with Crippen molar-refractivity contribution in [3.8, 4) is 0 Å². The summed E-state index contributed by atoms with van der Waals surface area (Å²) in [6, 6.07) is 17.9. The van der Waals surface area contributed by atoms with Gasteiger partial charge in [-0.05, 0) is 12.5 Å². The molecule has 1 aliphatic rings. The van der Waals surface area contributed by atoms with Gasteiger partial charge in [-0.15, -0.1) is 0 Å². The lowest BCUT2D eigenvalue weighted by atomic mass is 9.81. The van der Waals surface area contributed by atoms with E-state index in [4.69, 9.17) is 0 Å². The Bertz CT molecular complexity index is 736. The smallest absolute Gasteiger partial charge is 0.166 e. The Morgan fingerprint density at radius 2 is 1.80 bits per heavy atom. The summed E-state index contributed by atoms with van der Waals surface area (Å²) in [6.07, 6.45) is 0.531. The molecule has 0 spiro atoms. The molecule has 3 heteroatoms. The molecule has 130 valence electrons. The highest BCUT2D eigenvalue weighted by molar-refractivity contribution is 6.00. The minimum absolute atomic E-state index is 0.0694. The predicted octanol–water partition coefficient (Wildman–Crippen LogP) is 3.91. The molecule has 2 atom stereocenters. The Kier molecular flexibility index (Phi) is 5.44. The summed E-state index contributed by atoms with van der Waals surface area (Å²) >= 11 is 0. The van der Waals surface area contributed by atoms with Crippen LogP contribution < -0.4 is 0 Å². The van der Waals surface area contributed by atoms with Gasteiger partial charge >= 0.3 is 0 Å². The van der Waals surface area contributed by atoms with Gasteiger partial charge in [0.1, 0.15) is 5.78 Å². The minimum Gasteiger partial charge on any atom is -0.299 e. The summed E-state index contributed by atoms with van der Waals surface area (Å²) in [4.78, 5) is 27.5. The van der Waals surface area contributed by atoms with E-state index in [-0.39, 0.29) is 23.4 Å². The van der Waals surface area contributed by atoms with Crippen LogP contribution in [0.4, 0.5) is 0 Å². The second-order valence-electron chi connectivity index (χ2n) is 7.06. The van der Waals surface area contributed by atoms with Crippen molar-refractivity contribution < 1.29 is 9.59 Å². The fraction of sp³-hybridized carbons (Fsp3) is 0.364. The van der Waals surface area contributed by atoms with E-state index in [9.17, 15) is 9.59 Å². The van der Waals surface area contributed by atoms with Crippen LogP contribution in [0.15, 0.2) is 54.6 Å². The topological polar surface area (TPSA) is 37.4 Å². The molecule has 0 amide bonds. The molecule has 2 aromatic rings. The number of ketones is 2. The molecule has 3 nitrogen and oxygen atoms in total. The average Bonchev–Trinajstić information content (AvgIpc) is 2.63. The third-order valence-corrected chi connectivity index (χ3v) is 5.15. The van der Waals surface area contributed by atoms with Crippen LogP contribution in [0.5, 0.6) is 0 Å². The summed E-state index contributed by atoms with van der Waals surface area (Å²) in [5.74, 6) is -0.211. The first-order chi connectivity index (χ1) is 12.0. The Morgan fingerprint density at radius 1 is 1.12 bits per heavy atom. The Hall–Kier alpha value is -2.26. The van der Waals surface area contributed by atoms with Crippen molar-refractivity contribution >= 4 is 11.6 Å². The highest BCUT2D eigenvalue weighted by atomic mass is 16.1. The van der Waals surface area contributed by atoms with Crippen LogP contribution >= 0.6 is 0 Å². The number of Topliss-reactive ketones (excluding diaryl/α,β-unsaturated/α-hetero) is 2. The maximum atomic E-state index is 12.8. The van der Waals surface area contributed by atoms with Gasteiger partial charge in [0.05, 0.1) is 0 Å². The molecule has 0 aromatic heterocycles. The zero-order valence-corrected chi connectivity index (χ0v) is 14.9. The van der Waals surface area contributed by atoms with Gasteiger partial charge in [0.25, 0.3) is 0 Å². The van der Waals surface area contributed by atoms with E-state index in [1.54, 1.807) is 0 Å². The van der Waals surface area contributed by atoms with Crippen LogP contribution in [-0.4, -0.2) is 29.6 Å². The van der Waals surface area contributed by atoms with E-state index in [0.717, 1.165) is 18.7 Å². The van der Waals surface area contributed by atoms with Crippen molar-refractivity contribution in [3.05, 3.63) is 71.3 Å². The normalized spacial score (nSPS) is 19.6. The number of benzene rings is 2. The molecule has 0 bridgehead atoms. The first kappa shape index (κ1) is 17.6. The number of rotatable bonds is 5. The summed E-state index contributed by atoms with van der Waals surface area (Å²) in [5, 5.41) is 0. The second-order valence-corrected chi connectivity index (χ2v) is 7.06. The number of carbonyl (C=O) groups is 2. The Morgan fingerprint density at radius 3 is 2.48 bits per heavy atom. The number of carbonyl (C=O) groups excluding carboxylic acids is 2. The summed E-state index contributed by atoms with van der Waals surface area (Å²) in [7, 11) is 0. The molecular formula is C22H25NO2. The summed E-state index contributed by atoms with van der Waals surface area (Å²) in [5.41, 5.74) is 3.08. The second kappa shape index (κ2) is 7.75. The van der Waals surface area contributed by atoms with Crippen LogP contribution in [0, 0.1) is 18.8 Å². The van der Waals surface area contributed by atoms with Crippen LogP contribution in [-0.2, 0) is 11.3 Å². The fourth-order valence-electron chi connectivity index (χ4n) is 3.51. The van der Waals surface area contributed by atoms with Crippen LogP contribution in [0.25, 0.3) is 0 Å². The van der Waals surface area contributed by atoms with Crippen LogP contribution in [0.2, 0.25) is 0 Å². The van der Waals surface area contributed by atoms with Crippen molar-refractivity contribution in [1.82, 2.24) is 4.90 Å². The molecular weight excluding hydrogens is 310 g/mol. The van der Waals surface area contributed by atoms with E-state index in [1.807, 2.05) is 56.3 Å². The minimum atomic E-state index is -0.284. The molecule has 1 heterocycles. The number of likely N-dealkylation sites (tertiary alicyclic amines) is 1. The first-order valence-electron chi connectivity index (χ1n) is 8.94. The Labute approximate surface area is 149 Å². The molecule has 0 aliphatic carbocycles. The molecule has 1 aliphatic heterocycles. The van der Waals surface area contributed by atoms with Gasteiger partial charge in [-0.2, -0.15) is 0 Å². The monoisotopic (exact) mass is 335 g/mol. The molecule has 0 N–H and O–H groups in total. The zero-order valence-electron chi connectivity index (χ0n) is 14.9. The lowest BCUT2D eigenvalue weighted by Gasteiger charge is -2.34. The van der Waals surface area contributed by atoms with Gasteiger partial charge in [0.2, 0.25) is 0 Å². The molecule has 3 rings (SSSR count). The van der Waals surface area contributed by atoms with Gasteiger partial charge in [0, 0.05) is 43.5 Å². The zero-order chi connectivity index (χ0) is 17.8. The van der Waals surface area contributed by atoms with E-state index in [1.165, 1.54) is 5.56 Å². The third-order valence-electron chi connectivity index (χ3n) is 5.15. The van der Waals surface area contributed by atoms with Crippen LogP contribution in [0.3, 0.4) is 0 Å². The lowest BCUT2D eigenvalue weighted by Crippen LogP contribution is -2.44. The molecule has 0 radical (unpaired) electrons. The molecule has 2 unspecified atom stereocenters. The largest absolute Gasteiger partial charge is 0.299 e. The third kappa shape index (κ3) is 4.23. The maximum Gasteiger partial charge on any atom is 0.166 e. The number of hydrogen-bond donors (Lipinski definition) is 0. The van der Waals surface area contributed by atoms with Crippen molar-refractivity contribution in [1.29, 1.82) is 0 Å². The lowest BCUT2D eigenvalue weighted by molar-refractivity contribution is -0.127. The quantitative estimate of drug-likeness (QED) is 0.778. The Balaban J connectivity index is 1.69. The highest BCUT2D eigenvalue weighted by Gasteiger charge is 2.35. The number of nitrogens with zero attached hydrogens (tertiary/aromatic N) is 1. The average molecular weight is 335 g/mol. The molecule has 1 fully saturated rings. The van der Waals surface area contributed by atoms with Crippen molar-refractivity contribution in [2.75, 3.05) is 13.1 Å². The van der Waals surface area contributed by atoms with Gasteiger partial charge in [-0.3, -0.25) is 14.5 Å². The van der Waals surface area contributed by atoms with E-state index >= 15 is 0 Å². The standard InChI is InChI=1S/C22H25NO2/c1-16-8-10-19(11-9-16)22(25)17(2)20-15-23(13-12-21(20)24)14-18-6-4-3-5-7-18/h3-11,17,20H,12-15H2,1-2H3. The summed E-state index contributed by atoms with van der Waals surface area (Å²) < 4.78 is 0. The molecule has 1 saturated heterocycles. The van der Waals surface area contributed by atoms with E-state index in [2.05, 4.69) is 17.0 Å². The molecule has 0 saturated carbocycles. The van der Waals surface area contributed by atoms with Crippen molar-refractivity contribution in [2.24, 2.45) is 11.8 Å².